The topological polar surface area (TPSA) is 69.4 Å². The summed E-state index contributed by atoms with van der Waals surface area (Å²) in [4.78, 5) is 20.3. The summed E-state index contributed by atoms with van der Waals surface area (Å²) < 4.78 is 5.01. The molecule has 0 aliphatic heterocycles. The van der Waals surface area contributed by atoms with E-state index >= 15 is 0 Å². The van der Waals surface area contributed by atoms with Gasteiger partial charge in [0.2, 0.25) is 14.9 Å². The molecule has 0 rings (SSSR count). The summed E-state index contributed by atoms with van der Waals surface area (Å²) in [6, 6.07) is 0. The van der Waals surface area contributed by atoms with Crippen molar-refractivity contribution in [3.63, 3.8) is 0 Å². The van der Waals surface area contributed by atoms with E-state index in [1.165, 1.54) is 6.08 Å². The smallest absolute Gasteiger partial charge is 0.317 e. The highest BCUT2D eigenvalue weighted by Crippen LogP contribution is 2.02. The van der Waals surface area contributed by atoms with Gasteiger partial charge in [-0.3, -0.25) is 10.1 Å². The molecule has 74 valence electrons. The third-order valence-corrected chi connectivity index (χ3v) is 1.73. The van der Waals surface area contributed by atoms with Gasteiger partial charge in [0, 0.05) is 11.0 Å². The predicted octanol–water partition coefficient (Wildman–Crippen LogP) is 1.20. The van der Waals surface area contributed by atoms with Crippen LogP contribution >= 0.6 is 0 Å². The minimum Gasteiger partial charge on any atom is -0.517 e. The molecule has 0 aliphatic carbocycles. The van der Waals surface area contributed by atoms with Crippen LogP contribution in [0.5, 0.6) is 0 Å². The highest BCUT2D eigenvalue weighted by molar-refractivity contribution is 6.71. The number of hydrogen-bond donors (Lipinski definition) is 0. The monoisotopic (exact) mass is 203 g/mol. The molecule has 0 bridgehead atoms. The quantitative estimate of drug-likeness (QED) is 0.298. The molecule has 0 radical (unpaired) electrons. The second-order valence-electron chi connectivity index (χ2n) is 3.45. The Morgan fingerprint density at radius 3 is 2.46 bits per heavy atom. The largest absolute Gasteiger partial charge is 0.517 e. The van der Waals surface area contributed by atoms with Gasteiger partial charge in [-0.1, -0.05) is 0 Å². The second-order valence-corrected chi connectivity index (χ2v) is 7.88. The van der Waals surface area contributed by atoms with Crippen LogP contribution in [0.4, 0.5) is 0 Å². The van der Waals surface area contributed by atoms with Crippen molar-refractivity contribution < 1.29 is 14.1 Å². The zero-order valence-electron chi connectivity index (χ0n) is 7.94. The molecule has 0 N–H and O–H groups in total. The summed E-state index contributed by atoms with van der Waals surface area (Å²) in [6.45, 7) is 5.26. The normalized spacial score (nSPS) is 11.6. The molecule has 0 heterocycles. The Balaban J connectivity index is 3.88. The van der Waals surface area contributed by atoms with Crippen LogP contribution in [0.3, 0.4) is 0 Å². The summed E-state index contributed by atoms with van der Waals surface area (Å²) in [5, 5.41) is 9.88. The molecule has 0 aromatic rings. The van der Waals surface area contributed by atoms with E-state index in [9.17, 15) is 14.9 Å². The molecular weight excluding hydrogens is 190 g/mol. The minimum atomic E-state index is -1.87. The lowest BCUT2D eigenvalue weighted by Gasteiger charge is -2.15. The van der Waals surface area contributed by atoms with Crippen LogP contribution in [0.15, 0.2) is 12.2 Å². The predicted molar refractivity (Wildman–Crippen MR) is 50.4 cm³/mol. The van der Waals surface area contributed by atoms with Gasteiger partial charge in [-0.2, -0.15) is 0 Å². The van der Waals surface area contributed by atoms with E-state index in [2.05, 4.69) is 0 Å². The SMILES string of the molecule is C[Si](C)(C)OC(=O)/C=C/C[N+](=O)[O-]. The van der Waals surface area contributed by atoms with Gasteiger partial charge in [0.1, 0.15) is 0 Å². The molecular formula is C7H13NO4Si. The molecule has 0 saturated heterocycles. The lowest BCUT2D eigenvalue weighted by Crippen LogP contribution is -2.28. The number of hydrogen-bond acceptors (Lipinski definition) is 4. The van der Waals surface area contributed by atoms with Gasteiger partial charge < -0.3 is 4.43 Å². The maximum atomic E-state index is 10.9. The first-order valence-electron chi connectivity index (χ1n) is 3.82. The first-order chi connectivity index (χ1) is 5.81. The Bertz CT molecular complexity index is 231. The van der Waals surface area contributed by atoms with E-state index < -0.39 is 19.2 Å². The van der Waals surface area contributed by atoms with Gasteiger partial charge in [0.05, 0.1) is 0 Å². The molecule has 0 aromatic heterocycles. The summed E-state index contributed by atoms with van der Waals surface area (Å²) in [6.07, 6.45) is 2.28. The summed E-state index contributed by atoms with van der Waals surface area (Å²) in [5.41, 5.74) is 0. The lowest BCUT2D eigenvalue weighted by atomic mass is 10.5. The van der Waals surface area contributed by atoms with Crippen LogP contribution in [0.2, 0.25) is 19.6 Å². The van der Waals surface area contributed by atoms with Gasteiger partial charge >= 0.3 is 5.97 Å². The Labute approximate surface area is 77.7 Å². The maximum absolute atomic E-state index is 10.9. The fourth-order valence-corrected chi connectivity index (χ4v) is 1.24. The Morgan fingerprint density at radius 2 is 2.08 bits per heavy atom. The number of carbonyl (C=O) groups excluding carboxylic acids is 1. The van der Waals surface area contributed by atoms with Crippen LogP contribution in [0.1, 0.15) is 0 Å². The third kappa shape index (κ3) is 8.74. The van der Waals surface area contributed by atoms with Crippen molar-refractivity contribution in [2.75, 3.05) is 6.54 Å². The van der Waals surface area contributed by atoms with Crippen molar-refractivity contribution in [3.8, 4) is 0 Å². The molecule has 6 heteroatoms. The van der Waals surface area contributed by atoms with Gasteiger partial charge in [-0.25, -0.2) is 4.79 Å². The molecule has 0 amide bonds. The summed E-state index contributed by atoms with van der Waals surface area (Å²) in [7, 11) is -1.87. The van der Waals surface area contributed by atoms with Crippen molar-refractivity contribution in [3.05, 3.63) is 22.3 Å². The van der Waals surface area contributed by atoms with E-state index in [0.29, 0.717) is 0 Å². The Hall–Kier alpha value is -1.17. The average molecular weight is 203 g/mol. The molecule has 0 fully saturated rings. The fourth-order valence-electron chi connectivity index (χ4n) is 0.571. The number of nitrogens with zero attached hydrogens (tertiary/aromatic N) is 1. The molecule has 0 aliphatic rings. The standard InChI is InChI=1S/C7H13NO4Si/c1-13(2,3)12-7(9)5-4-6-8(10)11/h4-5H,6H2,1-3H3/b5-4+. The van der Waals surface area contributed by atoms with Crippen LogP contribution in [-0.2, 0) is 9.22 Å². The second kappa shape index (κ2) is 4.76. The van der Waals surface area contributed by atoms with Crippen LogP contribution in [0.25, 0.3) is 0 Å². The van der Waals surface area contributed by atoms with Crippen molar-refractivity contribution in [2.24, 2.45) is 0 Å². The van der Waals surface area contributed by atoms with E-state index in [1.807, 2.05) is 19.6 Å². The van der Waals surface area contributed by atoms with Crippen molar-refractivity contribution in [1.29, 1.82) is 0 Å². The van der Waals surface area contributed by atoms with E-state index in [0.717, 1.165) is 6.08 Å². The lowest BCUT2D eigenvalue weighted by molar-refractivity contribution is -0.468. The Kier molecular flexibility index (Phi) is 4.33. The number of carbonyl (C=O) groups is 1. The molecule has 0 atom stereocenters. The van der Waals surface area contributed by atoms with Crippen molar-refractivity contribution in [1.82, 2.24) is 0 Å². The van der Waals surface area contributed by atoms with Gasteiger partial charge in [-0.15, -0.1) is 0 Å². The molecule has 0 spiro atoms. The molecule has 0 unspecified atom stereocenters. The highest BCUT2D eigenvalue weighted by atomic mass is 28.4. The van der Waals surface area contributed by atoms with Gasteiger partial charge in [0.25, 0.3) is 0 Å². The first-order valence-corrected chi connectivity index (χ1v) is 7.23. The number of rotatable bonds is 4. The van der Waals surface area contributed by atoms with E-state index in [-0.39, 0.29) is 6.54 Å². The molecule has 0 aromatic carbocycles. The maximum Gasteiger partial charge on any atom is 0.317 e. The van der Waals surface area contributed by atoms with Gasteiger partial charge in [0.15, 0.2) is 0 Å². The summed E-state index contributed by atoms with van der Waals surface area (Å²) >= 11 is 0. The summed E-state index contributed by atoms with van der Waals surface area (Å²) in [5.74, 6) is -0.499. The average Bonchev–Trinajstić information content (AvgIpc) is 1.81. The zero-order valence-corrected chi connectivity index (χ0v) is 8.94. The minimum absolute atomic E-state index is 0.346. The molecule has 13 heavy (non-hydrogen) atoms. The molecule has 5 nitrogen and oxygen atoms in total. The van der Waals surface area contributed by atoms with E-state index in [4.69, 9.17) is 4.43 Å². The molecule has 0 saturated carbocycles. The first kappa shape index (κ1) is 11.8. The van der Waals surface area contributed by atoms with Crippen LogP contribution in [0, 0.1) is 10.1 Å². The van der Waals surface area contributed by atoms with E-state index in [1.54, 1.807) is 0 Å². The highest BCUT2D eigenvalue weighted by Gasteiger charge is 2.18. The Morgan fingerprint density at radius 1 is 1.54 bits per heavy atom. The fraction of sp³-hybridized carbons (Fsp3) is 0.571. The zero-order chi connectivity index (χ0) is 10.5. The number of nitro groups is 1. The van der Waals surface area contributed by atoms with Gasteiger partial charge in [-0.05, 0) is 25.7 Å². The third-order valence-electron chi connectivity index (χ3n) is 0.915. The van der Waals surface area contributed by atoms with Crippen LogP contribution in [-0.4, -0.2) is 25.8 Å². The van der Waals surface area contributed by atoms with Crippen LogP contribution < -0.4 is 0 Å². The van der Waals surface area contributed by atoms with Crippen molar-refractivity contribution >= 4 is 14.3 Å². The van der Waals surface area contributed by atoms with Crippen molar-refractivity contribution in [2.45, 2.75) is 19.6 Å².